The Labute approximate surface area is 531 Å². The number of nitrogens with zero attached hydrogens (tertiary/aromatic N) is 9. The zero-order valence-electron chi connectivity index (χ0n) is 48.7. The maximum atomic E-state index is 11.2. The first kappa shape index (κ1) is 67.0. The van der Waals surface area contributed by atoms with Gasteiger partial charge in [-0.2, -0.15) is 10.2 Å². The van der Waals surface area contributed by atoms with Crippen LogP contribution in [0.2, 0.25) is 5.15 Å². The number of halogens is 1. The highest BCUT2D eigenvalue weighted by atomic mass is 35.5. The molecule has 6 N–H and O–H groups in total. The lowest BCUT2D eigenvalue weighted by atomic mass is 10.1. The van der Waals surface area contributed by atoms with Gasteiger partial charge in [0.15, 0.2) is 22.0 Å². The van der Waals surface area contributed by atoms with E-state index >= 15 is 0 Å². The van der Waals surface area contributed by atoms with Crippen LogP contribution in [0.25, 0.3) is 61.2 Å². The van der Waals surface area contributed by atoms with Crippen LogP contribution in [0.15, 0.2) is 203 Å². The van der Waals surface area contributed by atoms with Gasteiger partial charge in [-0.15, -0.1) is 16.4 Å². The largest absolute Gasteiger partial charge is 0.478 e. The van der Waals surface area contributed by atoms with Gasteiger partial charge in [-0.1, -0.05) is 210 Å². The number of hydrogen-bond acceptors (Lipinski definition) is 17. The molecule has 0 bridgehead atoms. The van der Waals surface area contributed by atoms with E-state index in [4.69, 9.17) is 51.3 Å². The lowest BCUT2D eigenvalue weighted by Crippen LogP contribution is -2.07. The topological polar surface area (TPSA) is 350 Å². The van der Waals surface area contributed by atoms with E-state index in [2.05, 4.69) is 35.1 Å². The highest BCUT2D eigenvalue weighted by Gasteiger charge is 2.24. The molecule has 0 saturated heterocycles. The Morgan fingerprint density at radius 2 is 1.02 bits per heavy atom. The molecule has 12 rings (SSSR count). The average Bonchev–Trinajstić information content (AvgIpc) is 3.96. The fraction of sp³-hybridized carbons (Fsp3) is 0.0923. The number of carbonyl (C=O) groups is 6. The van der Waals surface area contributed by atoms with Crippen molar-refractivity contribution in [1.29, 1.82) is 0 Å². The van der Waals surface area contributed by atoms with E-state index in [9.17, 15) is 28.8 Å². The molecular weight excluding hydrogens is 1230 g/mol. The summed E-state index contributed by atoms with van der Waals surface area (Å²) in [4.78, 5) is 70.6. The van der Waals surface area contributed by atoms with Gasteiger partial charge in [0.1, 0.15) is 44.7 Å². The van der Waals surface area contributed by atoms with Gasteiger partial charge < -0.3 is 39.7 Å². The molecule has 0 unspecified atom stereocenters. The third-order valence-electron chi connectivity index (χ3n) is 12.4. The number of aromatic carboxylic acids is 6. The Bertz CT molecular complexity index is 4280. The van der Waals surface area contributed by atoms with Gasteiger partial charge in [-0.05, 0) is 55.1 Å². The number of aryl methyl sites for hydroxylation is 3. The molecule has 0 aliphatic carbocycles. The number of benzene rings is 6. The third-order valence-corrected chi connectivity index (χ3v) is 14.6. The first-order chi connectivity index (χ1) is 43.7. The summed E-state index contributed by atoms with van der Waals surface area (Å²) in [5.74, 6) is -5.24. The van der Waals surface area contributed by atoms with Crippen LogP contribution >= 0.6 is 34.5 Å². The molecule has 23 nitrogen and oxygen atoms in total. The molecule has 6 heterocycles. The van der Waals surface area contributed by atoms with Crippen molar-refractivity contribution in [2.75, 3.05) is 0 Å². The van der Waals surface area contributed by atoms with Crippen molar-refractivity contribution >= 4 is 70.3 Å². The quantitative estimate of drug-likeness (QED) is 0.0624. The van der Waals surface area contributed by atoms with Gasteiger partial charge in [0.2, 0.25) is 0 Å². The fourth-order valence-electron chi connectivity index (χ4n) is 8.17. The number of para-hydroxylation sites is 1. The zero-order chi connectivity index (χ0) is 65.7. The van der Waals surface area contributed by atoms with Crippen LogP contribution in [-0.4, -0.2) is 111 Å². The van der Waals surface area contributed by atoms with Gasteiger partial charge in [-0.25, -0.2) is 38.4 Å². The molecule has 0 amide bonds. The van der Waals surface area contributed by atoms with E-state index in [0.29, 0.717) is 28.4 Å². The molecule has 12 aromatic rings. The van der Waals surface area contributed by atoms with Crippen LogP contribution in [0, 0.1) is 13.8 Å². The van der Waals surface area contributed by atoms with Crippen molar-refractivity contribution in [2.24, 2.45) is 7.05 Å². The SMILES string of the molecule is CC(C)c1cc(C(=O)O)n(-c2ccccc2)n1.Cc1nc(C(=O)O)c(-c2ccccc2)s1.Cc1onc(-c2ccccc2)c1C(=O)O.Cn1nc(-c2ccccc2)c(C(=O)O)c1Cl.O=C(O)c1cnoc1-c1ccccc1.O=C(O)c1snnc1-c1ccccc1. The van der Waals surface area contributed by atoms with E-state index < -0.39 is 35.8 Å². The Morgan fingerprint density at radius 3 is 1.49 bits per heavy atom. The summed E-state index contributed by atoms with van der Waals surface area (Å²) < 4.78 is 16.2. The maximum Gasteiger partial charge on any atom is 0.356 e. The molecule has 0 saturated carbocycles. The van der Waals surface area contributed by atoms with Crippen molar-refractivity contribution in [3.05, 3.63) is 249 Å². The molecule has 6 aromatic carbocycles. The van der Waals surface area contributed by atoms with Crippen molar-refractivity contribution in [3.63, 3.8) is 0 Å². The van der Waals surface area contributed by atoms with E-state index in [1.807, 2.05) is 166 Å². The van der Waals surface area contributed by atoms with Gasteiger partial charge >= 0.3 is 35.8 Å². The molecule has 6 aromatic heterocycles. The predicted molar refractivity (Wildman–Crippen MR) is 339 cm³/mol. The normalized spacial score (nSPS) is 10.3. The van der Waals surface area contributed by atoms with Crippen molar-refractivity contribution in [2.45, 2.75) is 33.6 Å². The summed E-state index contributed by atoms with van der Waals surface area (Å²) in [5.41, 5.74) is 7.19. The highest BCUT2D eigenvalue weighted by molar-refractivity contribution is 7.15. The molecule has 0 aliphatic heterocycles. The van der Waals surface area contributed by atoms with Crippen LogP contribution in [0.3, 0.4) is 0 Å². The van der Waals surface area contributed by atoms with Crippen LogP contribution < -0.4 is 0 Å². The average molecular weight is 1280 g/mol. The molecule has 0 atom stereocenters. The van der Waals surface area contributed by atoms with Gasteiger partial charge in [0.05, 0.1) is 27.5 Å². The highest BCUT2D eigenvalue weighted by Crippen LogP contribution is 2.31. The van der Waals surface area contributed by atoms with Gasteiger partial charge in [-0.3, -0.25) is 4.68 Å². The summed E-state index contributed by atoms with van der Waals surface area (Å²) in [5, 5.41) is 74.2. The number of aromatic nitrogens is 9. The van der Waals surface area contributed by atoms with Crippen molar-refractivity contribution in [1.82, 2.24) is 44.4 Å². The van der Waals surface area contributed by atoms with Crippen molar-refractivity contribution < 1.29 is 68.5 Å². The summed E-state index contributed by atoms with van der Waals surface area (Å²) in [6.45, 7) is 7.37. The molecule has 0 fully saturated rings. The summed E-state index contributed by atoms with van der Waals surface area (Å²) in [7, 11) is 1.61. The summed E-state index contributed by atoms with van der Waals surface area (Å²) in [6, 6.07) is 56.7. The zero-order valence-corrected chi connectivity index (χ0v) is 51.1. The smallest absolute Gasteiger partial charge is 0.356 e. The molecule has 0 aliphatic rings. The maximum absolute atomic E-state index is 11.2. The Kier molecular flexibility index (Phi) is 23.5. The van der Waals surface area contributed by atoms with Crippen LogP contribution in [-0.2, 0) is 7.05 Å². The lowest BCUT2D eigenvalue weighted by molar-refractivity contribution is 0.0677. The molecule has 0 radical (unpaired) electrons. The first-order valence-electron chi connectivity index (χ1n) is 26.9. The lowest BCUT2D eigenvalue weighted by Gasteiger charge is -2.03. The summed E-state index contributed by atoms with van der Waals surface area (Å²) in [6.07, 6.45) is 1.20. The van der Waals surface area contributed by atoms with E-state index in [-0.39, 0.29) is 49.8 Å². The number of carboxylic acid groups (broad SMARTS) is 6. The van der Waals surface area contributed by atoms with Crippen molar-refractivity contribution in [3.8, 4) is 61.2 Å². The minimum Gasteiger partial charge on any atom is -0.478 e. The predicted octanol–water partition coefficient (Wildman–Crippen LogP) is 14.2. The van der Waals surface area contributed by atoms with E-state index in [0.717, 1.165) is 55.1 Å². The first-order valence-corrected chi connectivity index (χ1v) is 28.9. The molecule has 26 heteroatoms. The summed E-state index contributed by atoms with van der Waals surface area (Å²) >= 11 is 8.17. The minimum absolute atomic E-state index is 0.0374. The molecule has 0 spiro atoms. The number of carboxylic acids is 6. The van der Waals surface area contributed by atoms with Crippen LogP contribution in [0.5, 0.6) is 0 Å². The number of rotatable bonds is 13. The monoisotopic (exact) mass is 1280 g/mol. The minimum atomic E-state index is -1.07. The standard InChI is InChI=1S/C13H14N2O2.C11H9ClN2O2.C11H9NO3.C11H9NO2S.C10H7NO3.C9H6N2O2S/c1-9(2)11-8-12(13(16)17)15(14-11)10-6-4-3-5-7-10;1-14-10(12)8(11(15)16)9(13-14)7-5-3-2-4-6-7;1-7-9(11(13)14)10(12-15-7)8-5-3-2-4-6-8;1-7-12-9(11(13)14)10(15-7)8-5-3-2-4-6-8;12-10(13)8-6-11-14-9(8)7-4-2-1-3-5-7;12-9(13)8-7(10-11-14-8)6-4-2-1-3-5-6/h3-9H,1-2H3,(H,16,17);2-6H,1H3,(H,15,16);2*2-6H,1H3,(H,13,14);1-6H,(H,12,13);1-5H,(H,12,13). The van der Waals surface area contributed by atoms with E-state index in [1.54, 1.807) is 56.4 Å². The Morgan fingerprint density at radius 1 is 0.538 bits per heavy atom. The number of hydrogen-bond donors (Lipinski definition) is 6. The fourth-order valence-corrected chi connectivity index (χ4v) is 9.82. The second-order valence-corrected chi connectivity index (χ2v) is 21.4. The second-order valence-electron chi connectivity index (χ2n) is 19.0. The second kappa shape index (κ2) is 31.9. The Hall–Kier alpha value is -11.5. The van der Waals surface area contributed by atoms with Crippen LogP contribution in [0.4, 0.5) is 0 Å². The third kappa shape index (κ3) is 17.6. The molecular formula is C65H54ClN9O14S2. The van der Waals surface area contributed by atoms with Crippen LogP contribution in [0.1, 0.15) is 97.9 Å². The van der Waals surface area contributed by atoms with E-state index in [1.165, 1.54) is 26.9 Å². The van der Waals surface area contributed by atoms with Gasteiger partial charge in [0, 0.05) is 29.3 Å². The number of thiazole rings is 1. The molecule has 91 heavy (non-hydrogen) atoms. The van der Waals surface area contributed by atoms with Gasteiger partial charge in [0.25, 0.3) is 0 Å². The Balaban J connectivity index is 0.000000155. The molecule has 462 valence electrons.